The third-order valence-electron chi connectivity index (χ3n) is 2.73. The Morgan fingerprint density at radius 2 is 2.22 bits per heavy atom. The molecule has 2 heterocycles. The van der Waals surface area contributed by atoms with Gasteiger partial charge in [0.1, 0.15) is 34.9 Å². The van der Waals surface area contributed by atoms with Gasteiger partial charge in [-0.3, -0.25) is 0 Å². The molecule has 0 bridgehead atoms. The fourth-order valence-electron chi connectivity index (χ4n) is 1.74. The molecule has 1 aliphatic rings. The zero-order chi connectivity index (χ0) is 13.1. The minimum Gasteiger partial charge on any atom is -0.394 e. The van der Waals surface area contributed by atoms with Crippen molar-refractivity contribution in [2.45, 2.75) is 36.5 Å². The van der Waals surface area contributed by atoms with Crippen LogP contribution in [0, 0.1) is 0 Å². The van der Waals surface area contributed by atoms with Crippen LogP contribution >= 0.6 is 24.0 Å². The molecule has 1 aromatic rings. The smallest absolute Gasteiger partial charge is 0.129 e. The van der Waals surface area contributed by atoms with Gasteiger partial charge in [-0.2, -0.15) is 0 Å². The Kier molecular flexibility index (Phi) is 4.96. The second-order valence-electron chi connectivity index (χ2n) is 3.93. The molecule has 1 aromatic heterocycles. The monoisotopic (exact) mass is 293 g/mol. The number of ether oxygens (including phenoxy) is 2. The molecule has 1 aliphatic heterocycles. The first-order valence-electron chi connectivity index (χ1n) is 5.44. The molecule has 0 aliphatic carbocycles. The Bertz CT molecular complexity index is 363. The number of aliphatic hydroxyl groups excluding tert-OH is 3. The van der Waals surface area contributed by atoms with Crippen LogP contribution in [0.4, 0.5) is 0 Å². The molecule has 0 unspecified atom stereocenters. The van der Waals surface area contributed by atoms with Gasteiger partial charge in [0.25, 0.3) is 0 Å². The first kappa shape index (κ1) is 14.2. The summed E-state index contributed by atoms with van der Waals surface area (Å²) in [5.41, 5.74) is -0.708. The molecular formula is C10H15NO5S2. The highest BCUT2D eigenvalue weighted by atomic mass is 32.1. The maximum absolute atomic E-state index is 9.91. The Hall–Kier alpha value is -0.220. The molecule has 0 amide bonds. The van der Waals surface area contributed by atoms with Crippen molar-refractivity contribution in [1.82, 2.24) is 4.98 Å². The average molecular weight is 293 g/mol. The molecule has 6 nitrogen and oxygen atoms in total. The predicted molar refractivity (Wildman–Crippen MR) is 67.4 cm³/mol. The van der Waals surface area contributed by atoms with Gasteiger partial charge >= 0.3 is 0 Å². The van der Waals surface area contributed by atoms with Gasteiger partial charge < -0.3 is 24.8 Å². The van der Waals surface area contributed by atoms with Crippen LogP contribution in [0.1, 0.15) is 5.01 Å². The largest absolute Gasteiger partial charge is 0.394 e. The summed E-state index contributed by atoms with van der Waals surface area (Å²) in [6, 6.07) is 0. The summed E-state index contributed by atoms with van der Waals surface area (Å²) < 4.78 is 10.7. The van der Waals surface area contributed by atoms with Gasteiger partial charge in [0, 0.05) is 11.6 Å². The Morgan fingerprint density at radius 1 is 1.44 bits per heavy atom. The van der Waals surface area contributed by atoms with Crippen molar-refractivity contribution in [1.29, 1.82) is 0 Å². The first-order chi connectivity index (χ1) is 8.63. The summed E-state index contributed by atoms with van der Waals surface area (Å²) in [5, 5.41) is 31.2. The lowest BCUT2D eigenvalue weighted by molar-refractivity contribution is -0.221. The number of nitrogens with zero attached hydrogens (tertiary/aromatic N) is 1. The van der Waals surface area contributed by atoms with E-state index in [2.05, 4.69) is 17.6 Å². The first-order valence-corrected chi connectivity index (χ1v) is 6.83. The molecular weight excluding hydrogens is 278 g/mol. The lowest BCUT2D eigenvalue weighted by Gasteiger charge is -2.40. The fourth-order valence-corrected chi connectivity index (χ4v) is 2.70. The molecule has 5 atom stereocenters. The van der Waals surface area contributed by atoms with E-state index in [0.29, 0.717) is 0 Å². The normalized spacial score (nSPS) is 36.8. The third-order valence-corrected chi connectivity index (χ3v) is 3.89. The molecule has 0 spiro atoms. The van der Waals surface area contributed by atoms with Crippen molar-refractivity contribution in [3.8, 4) is 0 Å². The summed E-state index contributed by atoms with van der Waals surface area (Å²) in [6.07, 6.45) is -2.30. The van der Waals surface area contributed by atoms with Crippen molar-refractivity contribution >= 4 is 24.0 Å². The molecule has 18 heavy (non-hydrogen) atoms. The maximum Gasteiger partial charge on any atom is 0.129 e. The highest BCUT2D eigenvalue weighted by Gasteiger charge is 2.43. The second-order valence-corrected chi connectivity index (χ2v) is 5.42. The zero-order valence-electron chi connectivity index (χ0n) is 9.42. The molecule has 1 saturated heterocycles. The van der Waals surface area contributed by atoms with E-state index < -0.39 is 29.9 Å². The number of rotatable bonds is 4. The molecule has 0 aromatic carbocycles. The SMILES string of the molecule is OC[C@H]1O[C@H](S)[C@H](OCc2nccs2)[C@@H](O)[C@H]1O. The number of aromatic nitrogens is 1. The van der Waals surface area contributed by atoms with Crippen molar-refractivity contribution in [2.24, 2.45) is 0 Å². The van der Waals surface area contributed by atoms with Gasteiger partial charge in [-0.05, 0) is 0 Å². The van der Waals surface area contributed by atoms with E-state index >= 15 is 0 Å². The number of aliphatic hydroxyl groups is 3. The molecule has 2 rings (SSSR count). The van der Waals surface area contributed by atoms with Crippen LogP contribution < -0.4 is 0 Å². The summed E-state index contributed by atoms with van der Waals surface area (Å²) in [4.78, 5) is 4.04. The van der Waals surface area contributed by atoms with E-state index in [4.69, 9.17) is 14.6 Å². The van der Waals surface area contributed by atoms with Crippen LogP contribution in [0.25, 0.3) is 0 Å². The standard InChI is InChI=1S/C10H15NO5S2/c12-3-5-7(13)8(14)9(10(17)16-5)15-4-6-11-1-2-18-6/h1-2,5,7-10,12-14,17H,3-4H2/t5-,7+,8+,9-,10-/m1/s1. The lowest BCUT2D eigenvalue weighted by Crippen LogP contribution is -2.57. The van der Waals surface area contributed by atoms with Crippen molar-refractivity contribution in [3.05, 3.63) is 16.6 Å². The lowest BCUT2D eigenvalue weighted by atomic mass is 10.0. The molecule has 3 N–H and O–H groups in total. The fraction of sp³-hybridized carbons (Fsp3) is 0.700. The van der Waals surface area contributed by atoms with E-state index in [1.54, 1.807) is 6.20 Å². The molecule has 0 saturated carbocycles. The number of thiazole rings is 1. The molecule has 102 valence electrons. The van der Waals surface area contributed by atoms with Crippen molar-refractivity contribution in [2.75, 3.05) is 6.61 Å². The third kappa shape index (κ3) is 3.02. The van der Waals surface area contributed by atoms with Crippen LogP contribution in [0.2, 0.25) is 0 Å². The second kappa shape index (κ2) is 6.29. The van der Waals surface area contributed by atoms with Crippen molar-refractivity contribution in [3.63, 3.8) is 0 Å². The van der Waals surface area contributed by atoms with E-state index in [-0.39, 0.29) is 13.2 Å². The van der Waals surface area contributed by atoms with Gasteiger partial charge in [-0.25, -0.2) is 4.98 Å². The Labute approximate surface area is 114 Å². The van der Waals surface area contributed by atoms with Gasteiger partial charge in [-0.15, -0.1) is 24.0 Å². The number of thiol groups is 1. The van der Waals surface area contributed by atoms with Gasteiger partial charge in [-0.1, -0.05) is 0 Å². The Morgan fingerprint density at radius 3 is 2.83 bits per heavy atom. The van der Waals surface area contributed by atoms with Gasteiger partial charge in [0.05, 0.1) is 13.2 Å². The summed E-state index contributed by atoms with van der Waals surface area (Å²) in [7, 11) is 0. The van der Waals surface area contributed by atoms with Gasteiger partial charge in [0.2, 0.25) is 0 Å². The minimum absolute atomic E-state index is 0.219. The molecule has 0 radical (unpaired) electrons. The number of hydrogen-bond acceptors (Lipinski definition) is 8. The molecule has 1 fully saturated rings. The topological polar surface area (TPSA) is 92.0 Å². The molecule has 8 heteroatoms. The van der Waals surface area contributed by atoms with E-state index in [1.165, 1.54) is 11.3 Å². The Balaban J connectivity index is 1.95. The highest BCUT2D eigenvalue weighted by molar-refractivity contribution is 7.80. The van der Waals surface area contributed by atoms with Crippen LogP contribution in [0.5, 0.6) is 0 Å². The maximum atomic E-state index is 9.91. The quantitative estimate of drug-likeness (QED) is 0.554. The summed E-state index contributed by atoms with van der Waals surface area (Å²) in [5.74, 6) is 0. The summed E-state index contributed by atoms with van der Waals surface area (Å²) >= 11 is 5.59. The van der Waals surface area contributed by atoms with Crippen molar-refractivity contribution < 1.29 is 24.8 Å². The predicted octanol–water partition coefficient (Wildman–Crippen LogP) is -0.603. The van der Waals surface area contributed by atoms with E-state index in [0.717, 1.165) is 5.01 Å². The van der Waals surface area contributed by atoms with Crippen LogP contribution in [-0.2, 0) is 16.1 Å². The van der Waals surface area contributed by atoms with Crippen LogP contribution in [0.3, 0.4) is 0 Å². The van der Waals surface area contributed by atoms with E-state index in [9.17, 15) is 10.2 Å². The minimum atomic E-state index is -1.19. The number of hydrogen-bond donors (Lipinski definition) is 4. The summed E-state index contributed by atoms with van der Waals surface area (Å²) in [6.45, 7) is -0.162. The highest BCUT2D eigenvalue weighted by Crippen LogP contribution is 2.26. The average Bonchev–Trinajstić information content (AvgIpc) is 2.86. The van der Waals surface area contributed by atoms with Gasteiger partial charge in [0.15, 0.2) is 0 Å². The van der Waals surface area contributed by atoms with E-state index in [1.807, 2.05) is 5.38 Å². The van der Waals surface area contributed by atoms with Crippen LogP contribution in [-0.4, -0.2) is 56.8 Å². The van der Waals surface area contributed by atoms with Crippen LogP contribution in [0.15, 0.2) is 11.6 Å². The zero-order valence-corrected chi connectivity index (χ0v) is 11.1.